The molecule has 2 aliphatic heterocycles. The number of fused-ring (bicyclic) bond motifs is 1. The van der Waals surface area contributed by atoms with Gasteiger partial charge in [-0.3, -0.25) is 9.59 Å². The largest absolute Gasteiger partial charge is 0.373 e. The Bertz CT molecular complexity index is 670. The Morgan fingerprint density at radius 1 is 1.13 bits per heavy atom. The molecule has 0 spiro atoms. The van der Waals surface area contributed by atoms with E-state index in [1.165, 1.54) is 5.01 Å². The highest BCUT2D eigenvalue weighted by molar-refractivity contribution is 6.44. The molecule has 0 N–H and O–H groups in total. The molecule has 0 aliphatic carbocycles. The second-order valence-electron chi connectivity index (χ2n) is 6.35. The Morgan fingerprint density at radius 2 is 1.83 bits per heavy atom. The van der Waals surface area contributed by atoms with Gasteiger partial charge >= 0.3 is 0 Å². The lowest BCUT2D eigenvalue weighted by Crippen LogP contribution is -2.42. The summed E-state index contributed by atoms with van der Waals surface area (Å²) in [5.74, 6) is 0.199. The molecule has 0 saturated heterocycles. The summed E-state index contributed by atoms with van der Waals surface area (Å²) in [7, 11) is 3.65. The third kappa shape index (κ3) is 2.93. The van der Waals surface area contributed by atoms with Crippen molar-refractivity contribution in [3.05, 3.63) is 24.3 Å². The molecule has 23 heavy (non-hydrogen) atoms. The second kappa shape index (κ2) is 6.02. The number of nitrogens with zero attached hydrogens (tertiary/aromatic N) is 4. The van der Waals surface area contributed by atoms with E-state index in [2.05, 4.69) is 16.9 Å². The smallest absolute Gasteiger partial charge is 0.274 e. The van der Waals surface area contributed by atoms with E-state index in [0.717, 1.165) is 17.9 Å². The molecule has 3 rings (SSSR count). The number of carbonyl (C=O) groups excluding carboxylic acids is 2. The van der Waals surface area contributed by atoms with Gasteiger partial charge in [-0.05, 0) is 18.1 Å². The van der Waals surface area contributed by atoms with Crippen molar-refractivity contribution in [1.82, 2.24) is 5.01 Å². The van der Waals surface area contributed by atoms with Gasteiger partial charge < -0.3 is 9.80 Å². The van der Waals surface area contributed by atoms with Gasteiger partial charge in [-0.2, -0.15) is 5.10 Å². The van der Waals surface area contributed by atoms with Crippen molar-refractivity contribution in [2.75, 3.05) is 37.0 Å². The number of para-hydroxylation sites is 2. The van der Waals surface area contributed by atoms with Gasteiger partial charge in [0.2, 0.25) is 5.91 Å². The summed E-state index contributed by atoms with van der Waals surface area (Å²) in [5.41, 5.74) is 2.41. The van der Waals surface area contributed by atoms with Crippen molar-refractivity contribution in [3.63, 3.8) is 0 Å². The average molecular weight is 314 g/mol. The van der Waals surface area contributed by atoms with Gasteiger partial charge in [-0.1, -0.05) is 19.1 Å². The van der Waals surface area contributed by atoms with E-state index < -0.39 is 0 Å². The third-order valence-electron chi connectivity index (χ3n) is 4.36. The molecule has 1 atom stereocenters. The molecule has 0 aromatic heterocycles. The van der Waals surface area contributed by atoms with Crippen LogP contribution in [0.1, 0.15) is 19.8 Å². The summed E-state index contributed by atoms with van der Waals surface area (Å²) in [6, 6.07) is 7.94. The first-order valence-corrected chi connectivity index (χ1v) is 7.93. The monoisotopic (exact) mass is 314 g/mol. The molecule has 0 bridgehead atoms. The van der Waals surface area contributed by atoms with Crippen molar-refractivity contribution in [3.8, 4) is 0 Å². The van der Waals surface area contributed by atoms with Gasteiger partial charge in [0.1, 0.15) is 5.71 Å². The van der Waals surface area contributed by atoms with Crippen LogP contribution in [0, 0.1) is 5.92 Å². The molecular weight excluding hydrogens is 292 g/mol. The minimum atomic E-state index is -0.0982. The summed E-state index contributed by atoms with van der Waals surface area (Å²) in [6.45, 7) is 3.68. The van der Waals surface area contributed by atoms with Crippen LogP contribution < -0.4 is 9.80 Å². The Morgan fingerprint density at radius 3 is 2.52 bits per heavy atom. The Balaban J connectivity index is 1.97. The van der Waals surface area contributed by atoms with Crippen LogP contribution in [0.4, 0.5) is 11.4 Å². The molecule has 2 aliphatic rings. The van der Waals surface area contributed by atoms with E-state index in [0.29, 0.717) is 31.0 Å². The van der Waals surface area contributed by atoms with E-state index >= 15 is 0 Å². The standard InChI is InChI=1S/C17H22N4O2/c1-12-10-19(2)14-6-4-5-7-15(14)21(11-12)17(23)13-8-9-16(22)20(3)18-13/h4-7,12H,8-11H2,1-3H3/t12-/m0/s1. The van der Waals surface area contributed by atoms with Crippen molar-refractivity contribution < 1.29 is 9.59 Å². The number of rotatable bonds is 1. The zero-order chi connectivity index (χ0) is 16.6. The van der Waals surface area contributed by atoms with Crippen LogP contribution in [0.25, 0.3) is 0 Å². The van der Waals surface area contributed by atoms with Crippen molar-refractivity contribution in [1.29, 1.82) is 0 Å². The van der Waals surface area contributed by atoms with E-state index in [1.54, 1.807) is 7.05 Å². The fraction of sp³-hybridized carbons (Fsp3) is 0.471. The van der Waals surface area contributed by atoms with Gasteiger partial charge in [0, 0.05) is 40.0 Å². The predicted molar refractivity (Wildman–Crippen MR) is 90.7 cm³/mol. The molecule has 6 nitrogen and oxygen atoms in total. The van der Waals surface area contributed by atoms with Crippen LogP contribution in [0.15, 0.2) is 29.4 Å². The molecule has 0 fully saturated rings. The number of amides is 2. The first-order valence-electron chi connectivity index (χ1n) is 7.93. The summed E-state index contributed by atoms with van der Waals surface area (Å²) in [4.78, 5) is 28.6. The van der Waals surface area contributed by atoms with Gasteiger partial charge in [-0.15, -0.1) is 0 Å². The van der Waals surface area contributed by atoms with Gasteiger partial charge in [0.25, 0.3) is 5.91 Å². The van der Waals surface area contributed by atoms with E-state index in [4.69, 9.17) is 0 Å². The van der Waals surface area contributed by atoms with Crippen molar-refractivity contribution >= 4 is 28.9 Å². The maximum Gasteiger partial charge on any atom is 0.274 e. The quantitative estimate of drug-likeness (QED) is 0.793. The van der Waals surface area contributed by atoms with Gasteiger partial charge in [0.05, 0.1) is 11.4 Å². The second-order valence-corrected chi connectivity index (χ2v) is 6.35. The number of carbonyl (C=O) groups is 2. The molecule has 0 radical (unpaired) electrons. The number of benzene rings is 1. The van der Waals surface area contributed by atoms with Crippen molar-refractivity contribution in [2.45, 2.75) is 19.8 Å². The zero-order valence-corrected chi connectivity index (χ0v) is 13.8. The molecule has 6 heteroatoms. The van der Waals surface area contributed by atoms with Crippen LogP contribution in [-0.4, -0.2) is 49.7 Å². The maximum atomic E-state index is 13.0. The van der Waals surface area contributed by atoms with Crippen LogP contribution in [-0.2, 0) is 9.59 Å². The fourth-order valence-corrected chi connectivity index (χ4v) is 3.22. The molecule has 1 aromatic carbocycles. The lowest BCUT2D eigenvalue weighted by molar-refractivity contribution is -0.130. The highest BCUT2D eigenvalue weighted by atomic mass is 16.2. The van der Waals surface area contributed by atoms with Crippen LogP contribution in [0.3, 0.4) is 0 Å². The normalized spacial score (nSPS) is 21.7. The number of hydrogen-bond acceptors (Lipinski definition) is 4. The molecule has 0 unspecified atom stereocenters. The highest BCUT2D eigenvalue weighted by Gasteiger charge is 2.31. The topological polar surface area (TPSA) is 56.2 Å². The van der Waals surface area contributed by atoms with E-state index in [9.17, 15) is 9.59 Å². The average Bonchev–Trinajstić information content (AvgIpc) is 2.66. The first-order chi connectivity index (χ1) is 11.0. The summed E-state index contributed by atoms with van der Waals surface area (Å²) >= 11 is 0. The van der Waals surface area contributed by atoms with E-state index in [-0.39, 0.29) is 11.8 Å². The Hall–Kier alpha value is -2.37. The van der Waals surface area contributed by atoms with Crippen LogP contribution in [0.2, 0.25) is 0 Å². The highest BCUT2D eigenvalue weighted by Crippen LogP contribution is 2.33. The zero-order valence-electron chi connectivity index (χ0n) is 13.8. The molecule has 1 aromatic rings. The third-order valence-corrected chi connectivity index (χ3v) is 4.36. The fourth-order valence-electron chi connectivity index (χ4n) is 3.22. The SMILES string of the molecule is C[C@H]1CN(C)c2ccccc2N(C(=O)C2=NN(C)C(=O)CC2)C1. The Kier molecular flexibility index (Phi) is 4.07. The van der Waals surface area contributed by atoms with Gasteiger partial charge in [-0.25, -0.2) is 5.01 Å². The van der Waals surface area contributed by atoms with Crippen molar-refractivity contribution in [2.24, 2.45) is 11.0 Å². The maximum absolute atomic E-state index is 13.0. The molecule has 0 saturated carbocycles. The van der Waals surface area contributed by atoms with Crippen LogP contribution in [0.5, 0.6) is 0 Å². The predicted octanol–water partition coefficient (Wildman–Crippen LogP) is 1.71. The molecule has 122 valence electrons. The van der Waals surface area contributed by atoms with Crippen LogP contribution >= 0.6 is 0 Å². The first kappa shape index (κ1) is 15.5. The molecule has 2 heterocycles. The Labute approximate surface area is 136 Å². The lowest BCUT2D eigenvalue weighted by Gasteiger charge is -2.27. The number of hydrogen-bond donors (Lipinski definition) is 0. The lowest BCUT2D eigenvalue weighted by atomic mass is 10.1. The number of hydrazone groups is 1. The molecule has 2 amide bonds. The number of anilines is 2. The van der Waals surface area contributed by atoms with Gasteiger partial charge in [0.15, 0.2) is 0 Å². The minimum absolute atomic E-state index is 0.0501. The molecular formula is C17H22N4O2. The minimum Gasteiger partial charge on any atom is -0.373 e. The van der Waals surface area contributed by atoms with E-state index in [1.807, 2.05) is 36.2 Å². The summed E-state index contributed by atoms with van der Waals surface area (Å²) in [5, 5.41) is 5.46. The summed E-state index contributed by atoms with van der Waals surface area (Å²) in [6.07, 6.45) is 0.747. The summed E-state index contributed by atoms with van der Waals surface area (Å²) < 4.78 is 0.